The van der Waals surface area contributed by atoms with E-state index in [1.165, 1.54) is 36.4 Å². The molecule has 0 saturated carbocycles. The van der Waals surface area contributed by atoms with E-state index in [9.17, 15) is 33.9 Å². The highest BCUT2D eigenvalue weighted by molar-refractivity contribution is 5.97. The Labute approximate surface area is 442 Å². The van der Waals surface area contributed by atoms with E-state index in [-0.39, 0.29) is 28.2 Å². The summed E-state index contributed by atoms with van der Waals surface area (Å²) in [5.74, 6) is 9.12. The first-order chi connectivity index (χ1) is 36.9. The lowest BCUT2D eigenvalue weighted by atomic mass is 10.1. The molecule has 76 heavy (non-hydrogen) atoms. The minimum atomic E-state index is -1.38. The van der Waals surface area contributed by atoms with Crippen LogP contribution in [0.15, 0.2) is 171 Å². The van der Waals surface area contributed by atoms with Gasteiger partial charge >= 0.3 is 29.8 Å². The number of aromatic carboxylic acids is 1. The van der Waals surface area contributed by atoms with E-state index in [0.29, 0.717) is 43.5 Å². The maximum atomic E-state index is 12.8. The molecule has 0 aromatic heterocycles. The maximum Gasteiger partial charge on any atom is 0.343 e. The van der Waals surface area contributed by atoms with Crippen molar-refractivity contribution in [3.8, 4) is 46.7 Å². The summed E-state index contributed by atoms with van der Waals surface area (Å²) in [5, 5.41) is 9.75. The van der Waals surface area contributed by atoms with Gasteiger partial charge in [-0.3, -0.25) is 4.79 Å². The van der Waals surface area contributed by atoms with E-state index in [1.807, 2.05) is 54.6 Å². The maximum absolute atomic E-state index is 12.8. The van der Waals surface area contributed by atoms with Crippen LogP contribution in [0.4, 0.5) is 0 Å². The average molecular weight is 1020 g/mol. The molecule has 0 fully saturated rings. The number of unbranched alkanes of at least 4 members (excludes halogenated alkanes) is 6. The number of esters is 4. The molecule has 6 aromatic carbocycles. The third kappa shape index (κ3) is 20.8. The third-order valence-electron chi connectivity index (χ3n) is 10.7. The fourth-order valence-electron chi connectivity index (χ4n) is 6.65. The zero-order valence-electron chi connectivity index (χ0n) is 41.8. The number of ether oxygens (including phenoxy) is 6. The number of carboxylic acids is 1. The zero-order chi connectivity index (χ0) is 54.3. The first-order valence-corrected chi connectivity index (χ1v) is 24.4. The number of carbonyl (C=O) groups is 6. The van der Waals surface area contributed by atoms with Crippen molar-refractivity contribution in [2.45, 2.75) is 51.4 Å². The quantitative estimate of drug-likeness (QED) is 0.0191. The van der Waals surface area contributed by atoms with Crippen molar-refractivity contribution in [3.05, 3.63) is 215 Å². The summed E-state index contributed by atoms with van der Waals surface area (Å²) < 4.78 is 32.0. The molecular formula is C62H57NO13. The molecule has 0 aliphatic rings. The van der Waals surface area contributed by atoms with Crippen molar-refractivity contribution in [2.75, 3.05) is 26.4 Å². The monoisotopic (exact) mass is 1020 g/mol. The van der Waals surface area contributed by atoms with E-state index in [2.05, 4.69) is 36.8 Å². The molecule has 0 heterocycles. The van der Waals surface area contributed by atoms with Crippen LogP contribution in [0.3, 0.4) is 0 Å². The highest BCUT2D eigenvalue weighted by atomic mass is 16.5. The Morgan fingerprint density at radius 2 is 0.829 bits per heavy atom. The lowest BCUT2D eigenvalue weighted by Crippen LogP contribution is -2.13. The van der Waals surface area contributed by atoms with Crippen molar-refractivity contribution in [1.82, 2.24) is 0 Å². The van der Waals surface area contributed by atoms with Crippen LogP contribution in [0, 0.1) is 23.7 Å². The molecule has 14 heteroatoms. The first kappa shape index (κ1) is 57.2. The molecule has 0 unspecified atom stereocenters. The van der Waals surface area contributed by atoms with Gasteiger partial charge in [-0.05, 0) is 179 Å². The Hall–Kier alpha value is -9.66. The van der Waals surface area contributed by atoms with Crippen molar-refractivity contribution in [3.63, 3.8) is 0 Å². The Morgan fingerprint density at radius 3 is 1.25 bits per heavy atom. The molecule has 3 N–H and O–H groups in total. The predicted octanol–water partition coefficient (Wildman–Crippen LogP) is 10.7. The van der Waals surface area contributed by atoms with Gasteiger partial charge in [0.15, 0.2) is 0 Å². The number of hydrogen-bond donors (Lipinski definition) is 2. The fourth-order valence-corrected chi connectivity index (χ4v) is 6.65. The second-order valence-corrected chi connectivity index (χ2v) is 16.4. The van der Waals surface area contributed by atoms with Gasteiger partial charge in [-0.25, -0.2) is 24.0 Å². The molecule has 0 aliphatic carbocycles. The number of carboxylic acid groups (broad SMARTS) is 1. The van der Waals surface area contributed by atoms with Crippen LogP contribution in [0.5, 0.6) is 23.0 Å². The van der Waals surface area contributed by atoms with Gasteiger partial charge in [0.2, 0.25) is 5.91 Å². The molecule has 1 amide bonds. The number of rotatable bonds is 24. The Balaban J connectivity index is 0.000000353. The van der Waals surface area contributed by atoms with Crippen LogP contribution in [0.25, 0.3) is 0 Å². The summed E-state index contributed by atoms with van der Waals surface area (Å²) >= 11 is 0. The molecule has 0 bridgehead atoms. The van der Waals surface area contributed by atoms with Crippen molar-refractivity contribution < 1.29 is 62.3 Å². The van der Waals surface area contributed by atoms with Gasteiger partial charge in [-0.15, -0.1) is 0 Å². The number of primary amides is 1. The molecule has 0 saturated heterocycles. The van der Waals surface area contributed by atoms with Crippen LogP contribution in [-0.4, -0.2) is 67.3 Å². The Bertz CT molecular complexity index is 3030. The van der Waals surface area contributed by atoms with Gasteiger partial charge in [0, 0.05) is 40.0 Å². The third-order valence-corrected chi connectivity index (χ3v) is 10.7. The van der Waals surface area contributed by atoms with Crippen LogP contribution >= 0.6 is 0 Å². The number of carbonyl (C=O) groups excluding carboxylic acids is 5. The van der Waals surface area contributed by atoms with E-state index in [1.54, 1.807) is 48.5 Å². The second kappa shape index (κ2) is 31.7. The SMILES string of the molecule is C=CC(=O)OCCCCCCOc1ccc(C(=O)Oc2ccc(OC(=O)c3ccc(OCCCCCCOC(=O)C=C)cc3)c(C(=O)O)c2)cc1.NC(=O)c1ccc(C#Cc2ccc(C#Cc3ccccc3)cc2)cc1. The van der Waals surface area contributed by atoms with Gasteiger partial charge < -0.3 is 39.3 Å². The molecule has 388 valence electrons. The summed E-state index contributed by atoms with van der Waals surface area (Å²) in [5.41, 5.74) is 9.41. The lowest BCUT2D eigenvalue weighted by molar-refractivity contribution is -0.138. The van der Waals surface area contributed by atoms with Crippen molar-refractivity contribution in [2.24, 2.45) is 5.73 Å². The largest absolute Gasteiger partial charge is 0.494 e. The summed E-state index contributed by atoms with van der Waals surface area (Å²) in [7, 11) is 0. The number of hydrogen-bond acceptors (Lipinski definition) is 12. The van der Waals surface area contributed by atoms with Crippen LogP contribution in [0.2, 0.25) is 0 Å². The molecular weight excluding hydrogens is 967 g/mol. The van der Waals surface area contributed by atoms with Crippen LogP contribution in [0.1, 0.15) is 115 Å². The average Bonchev–Trinajstić information content (AvgIpc) is 3.44. The summed E-state index contributed by atoms with van der Waals surface area (Å²) in [6, 6.07) is 40.8. The van der Waals surface area contributed by atoms with E-state index in [4.69, 9.17) is 34.2 Å². The van der Waals surface area contributed by atoms with Gasteiger partial charge in [-0.2, -0.15) is 0 Å². The van der Waals surface area contributed by atoms with Crippen molar-refractivity contribution >= 4 is 35.8 Å². The highest BCUT2D eigenvalue weighted by Crippen LogP contribution is 2.27. The molecule has 6 aromatic rings. The number of benzene rings is 6. The molecule has 0 atom stereocenters. The number of amides is 1. The summed E-state index contributed by atoms with van der Waals surface area (Å²) in [6.07, 6.45) is 8.94. The van der Waals surface area contributed by atoms with E-state index >= 15 is 0 Å². The first-order valence-electron chi connectivity index (χ1n) is 24.4. The second-order valence-electron chi connectivity index (χ2n) is 16.4. The highest BCUT2D eigenvalue weighted by Gasteiger charge is 2.19. The molecule has 6 rings (SSSR count). The van der Waals surface area contributed by atoms with Crippen LogP contribution < -0.4 is 24.7 Å². The van der Waals surface area contributed by atoms with E-state index in [0.717, 1.165) is 91.8 Å². The minimum Gasteiger partial charge on any atom is -0.494 e. The molecule has 14 nitrogen and oxygen atoms in total. The number of nitrogens with two attached hydrogens (primary N) is 1. The standard InChI is InChI=1S/C39H42O12.C23H15NO/c1-3-35(40)48-25-11-7-5-9-23-46-30-17-13-28(14-18-30)38(44)50-32-21-22-34(33(27-32)37(42)43)51-39(45)29-15-19-31(20-16-29)47-24-10-6-8-12-26-49-36(41)4-2;24-23(25)22-16-14-21(15-17-22)13-12-20-10-8-19(9-11-20)7-6-18-4-2-1-3-5-18/h3-4,13-22,27H,1-2,5-12,23-26H2,(H,42,43);1-5,8-11,14-17H,(H2,24,25). The van der Waals surface area contributed by atoms with Crippen molar-refractivity contribution in [1.29, 1.82) is 0 Å². The lowest BCUT2D eigenvalue weighted by Gasteiger charge is -2.11. The minimum absolute atomic E-state index is 0.0468. The van der Waals surface area contributed by atoms with Gasteiger partial charge in [0.1, 0.15) is 28.6 Å². The van der Waals surface area contributed by atoms with Gasteiger partial charge in [0.25, 0.3) is 0 Å². The van der Waals surface area contributed by atoms with E-state index < -0.39 is 35.8 Å². The van der Waals surface area contributed by atoms with Gasteiger partial charge in [-0.1, -0.05) is 55.0 Å². The molecule has 0 radical (unpaired) electrons. The van der Waals surface area contributed by atoms with Gasteiger partial charge in [0.05, 0.1) is 37.6 Å². The molecule has 0 aliphatic heterocycles. The normalized spacial score (nSPS) is 10.0. The topological polar surface area (TPSA) is 204 Å². The summed E-state index contributed by atoms with van der Waals surface area (Å²) in [6.45, 7) is 8.35. The summed E-state index contributed by atoms with van der Waals surface area (Å²) in [4.78, 5) is 70.6. The smallest absolute Gasteiger partial charge is 0.343 e. The molecule has 0 spiro atoms. The predicted molar refractivity (Wildman–Crippen MR) is 286 cm³/mol. The zero-order valence-corrected chi connectivity index (χ0v) is 41.8. The fraction of sp³-hybridized carbons (Fsp3) is 0.194. The Morgan fingerprint density at radius 1 is 0.447 bits per heavy atom. The Kier molecular flexibility index (Phi) is 23.9. The van der Waals surface area contributed by atoms with Crippen LogP contribution in [-0.2, 0) is 19.1 Å².